The molecule has 0 saturated carbocycles. The minimum absolute atomic E-state index is 0.142. The fourth-order valence-electron chi connectivity index (χ4n) is 15.4. The molecule has 468 valence electrons. The van der Waals surface area contributed by atoms with Gasteiger partial charge in [0, 0.05) is 21.7 Å². The number of fused-ring (bicyclic) bond motifs is 12. The Bertz CT molecular complexity index is 3210. The highest BCUT2D eigenvalue weighted by Gasteiger charge is 2.46. The van der Waals surface area contributed by atoms with Gasteiger partial charge in [0.15, 0.2) is 0 Å². The molecule has 0 aromatic heterocycles. The van der Waals surface area contributed by atoms with Gasteiger partial charge >= 0.3 is 0 Å². The normalized spacial score (nSPS) is 15.8. The molecule has 0 saturated heterocycles. The summed E-state index contributed by atoms with van der Waals surface area (Å²) >= 11 is 5.88. The van der Waals surface area contributed by atoms with E-state index in [0.29, 0.717) is 0 Å². The van der Waals surface area contributed by atoms with Gasteiger partial charge in [0.1, 0.15) is 0 Å². The van der Waals surface area contributed by atoms with Crippen molar-refractivity contribution < 1.29 is 0 Å². The van der Waals surface area contributed by atoms with Gasteiger partial charge in [0.25, 0.3) is 0 Å². The summed E-state index contributed by atoms with van der Waals surface area (Å²) in [6.45, 7) is 46.1. The number of rotatable bonds is 12. The standard InChI is InChI=1S/2C25H34.2C17H18.2CH3Br/c2*1-7-17(3)15-25(16-18(4)8-2)23-13-19(5)9-11-21(23)22-12-10-20(6)14-24(22)25;2*1-11-5-7-13-14-8-6-12(2)10-16(14)17(3,4)15(13)9-11;2*1-2/h2*9-14,17-18H,7-8,15-16H2,1-6H3;2*5-10H,1-4H3;2*1H3. The highest BCUT2D eigenvalue weighted by atomic mass is 79.9. The van der Waals surface area contributed by atoms with Gasteiger partial charge in [0.05, 0.1) is 0 Å². The highest BCUT2D eigenvalue weighted by Crippen LogP contribution is 2.58. The zero-order chi connectivity index (χ0) is 64.8. The van der Waals surface area contributed by atoms with E-state index in [9.17, 15) is 0 Å². The Morgan fingerprint density at radius 3 is 0.534 bits per heavy atom. The summed E-state index contributed by atoms with van der Waals surface area (Å²) in [6.07, 6.45) is 10.1. The molecule has 0 radical (unpaired) electrons. The number of hydrogen-bond donors (Lipinski definition) is 0. The maximum atomic E-state index is 2.94. The molecule has 88 heavy (non-hydrogen) atoms. The Balaban J connectivity index is 0.000000166. The SMILES string of the molecule is CBr.CBr.CCC(C)CC1(CC(C)CC)c2cc(C)ccc2-c2ccc(C)cc21.CCC(C)CC1(CC(C)CC)c2cc(C)ccc2-c2ccc(C)cc21.Cc1ccc2c(c1)C(C)(C)c1cc(C)ccc1-2.Cc1ccc2c(c1)C(C)(C)c1cc(C)ccc1-2. The van der Waals surface area contributed by atoms with E-state index in [2.05, 4.69) is 316 Å². The first kappa shape index (κ1) is 70.2. The van der Waals surface area contributed by atoms with E-state index in [4.69, 9.17) is 0 Å². The van der Waals surface area contributed by atoms with Gasteiger partial charge in [-0.3, -0.25) is 0 Å². The third-order valence-electron chi connectivity index (χ3n) is 20.9. The van der Waals surface area contributed by atoms with Crippen LogP contribution in [0.3, 0.4) is 0 Å². The first-order valence-corrected chi connectivity index (χ1v) is 36.7. The fourth-order valence-corrected chi connectivity index (χ4v) is 15.4. The van der Waals surface area contributed by atoms with Crippen molar-refractivity contribution in [2.75, 3.05) is 11.7 Å². The minimum atomic E-state index is 0.142. The molecule has 4 aliphatic rings. The molecular weight excluding hydrogens is 1190 g/mol. The van der Waals surface area contributed by atoms with Gasteiger partial charge in [-0.05, 0) is 205 Å². The van der Waals surface area contributed by atoms with Crippen molar-refractivity contribution in [3.8, 4) is 44.5 Å². The van der Waals surface area contributed by atoms with Gasteiger partial charge in [-0.25, -0.2) is 0 Å². The van der Waals surface area contributed by atoms with Crippen molar-refractivity contribution in [2.24, 2.45) is 23.7 Å². The van der Waals surface area contributed by atoms with Crippen LogP contribution in [-0.4, -0.2) is 11.7 Å². The maximum Gasteiger partial charge on any atom is 0.0220 e. The molecule has 12 rings (SSSR count). The summed E-state index contributed by atoms with van der Waals surface area (Å²) in [5.41, 5.74) is 35.4. The quantitative estimate of drug-likeness (QED) is 0.107. The van der Waals surface area contributed by atoms with Gasteiger partial charge in [0.2, 0.25) is 0 Å². The fraction of sp³-hybridized carbons (Fsp3) is 0.442. The third-order valence-corrected chi connectivity index (χ3v) is 20.9. The topological polar surface area (TPSA) is 0 Å². The van der Waals surface area contributed by atoms with Gasteiger partial charge in [-0.15, -0.1) is 0 Å². The molecule has 2 heteroatoms. The molecule has 0 nitrogen and oxygen atoms in total. The zero-order valence-corrected chi connectivity index (χ0v) is 61.8. The van der Waals surface area contributed by atoms with Crippen LogP contribution in [0.15, 0.2) is 146 Å². The lowest BCUT2D eigenvalue weighted by Crippen LogP contribution is -2.30. The van der Waals surface area contributed by atoms with E-state index < -0.39 is 0 Å². The first-order valence-electron chi connectivity index (χ1n) is 33.5. The summed E-state index contributed by atoms with van der Waals surface area (Å²) in [5, 5.41) is 0. The largest absolute Gasteiger partial charge is 0.0966 e. The van der Waals surface area contributed by atoms with E-state index in [1.165, 1.54) is 163 Å². The molecule has 0 amide bonds. The molecule has 8 aromatic carbocycles. The van der Waals surface area contributed by atoms with Crippen LogP contribution in [0.2, 0.25) is 0 Å². The van der Waals surface area contributed by atoms with E-state index in [1.54, 1.807) is 22.3 Å². The van der Waals surface area contributed by atoms with Gasteiger partial charge in [-0.1, -0.05) is 331 Å². The van der Waals surface area contributed by atoms with Crippen molar-refractivity contribution in [1.82, 2.24) is 0 Å². The number of aryl methyl sites for hydroxylation is 8. The molecule has 0 spiro atoms. The average Bonchev–Trinajstić information content (AvgIpc) is 4.07. The summed E-state index contributed by atoms with van der Waals surface area (Å²) < 4.78 is 0. The van der Waals surface area contributed by atoms with Gasteiger partial charge < -0.3 is 0 Å². The van der Waals surface area contributed by atoms with Crippen molar-refractivity contribution in [1.29, 1.82) is 0 Å². The molecule has 0 fully saturated rings. The molecule has 4 aliphatic carbocycles. The smallest absolute Gasteiger partial charge is 0.0220 e. The van der Waals surface area contributed by atoms with Crippen LogP contribution in [0.1, 0.15) is 223 Å². The Labute approximate surface area is 553 Å². The molecule has 0 aliphatic heterocycles. The highest BCUT2D eigenvalue weighted by molar-refractivity contribution is 9.09. The molecule has 0 heterocycles. The summed E-state index contributed by atoms with van der Waals surface area (Å²) in [6, 6.07) is 55.8. The molecule has 4 atom stereocenters. The van der Waals surface area contributed by atoms with Crippen molar-refractivity contribution >= 4 is 31.9 Å². The molecule has 0 N–H and O–H groups in total. The second kappa shape index (κ2) is 29.3. The van der Waals surface area contributed by atoms with Crippen LogP contribution >= 0.6 is 31.9 Å². The second-order valence-corrected chi connectivity index (χ2v) is 28.7. The van der Waals surface area contributed by atoms with E-state index >= 15 is 0 Å². The zero-order valence-electron chi connectivity index (χ0n) is 58.6. The van der Waals surface area contributed by atoms with Crippen LogP contribution in [0, 0.1) is 79.1 Å². The minimum Gasteiger partial charge on any atom is -0.0966 e. The monoisotopic (exact) mass is 1300 g/mol. The van der Waals surface area contributed by atoms with Crippen LogP contribution in [0.4, 0.5) is 0 Å². The Morgan fingerprint density at radius 2 is 0.386 bits per heavy atom. The predicted molar refractivity (Wildman–Crippen MR) is 397 cm³/mol. The Hall–Kier alpha value is -5.28. The molecule has 8 aromatic rings. The van der Waals surface area contributed by atoms with Crippen molar-refractivity contribution in [2.45, 2.75) is 212 Å². The lowest BCUT2D eigenvalue weighted by atomic mass is 9.66. The van der Waals surface area contributed by atoms with E-state index in [0.717, 1.165) is 23.7 Å². The van der Waals surface area contributed by atoms with Crippen LogP contribution in [0.25, 0.3) is 44.5 Å². The van der Waals surface area contributed by atoms with Gasteiger partial charge in [-0.2, -0.15) is 0 Å². The summed E-state index contributed by atoms with van der Waals surface area (Å²) in [4.78, 5) is 0. The average molecular weight is 1300 g/mol. The number of halogens is 2. The predicted octanol–water partition coefficient (Wildman–Crippen LogP) is 26.1. The second-order valence-electron chi connectivity index (χ2n) is 28.7. The lowest BCUT2D eigenvalue weighted by Gasteiger charge is -2.37. The Kier molecular flexibility index (Phi) is 23.4. The number of alkyl halides is 2. The first-order chi connectivity index (χ1) is 41.8. The molecular formula is C86H110Br2. The van der Waals surface area contributed by atoms with Crippen LogP contribution < -0.4 is 0 Å². The number of hydrogen-bond acceptors (Lipinski definition) is 0. The Morgan fingerprint density at radius 1 is 0.250 bits per heavy atom. The van der Waals surface area contributed by atoms with Crippen molar-refractivity contribution in [3.05, 3.63) is 235 Å². The number of benzene rings is 8. The van der Waals surface area contributed by atoms with Crippen LogP contribution in [-0.2, 0) is 21.7 Å². The third kappa shape index (κ3) is 14.1. The summed E-state index contributed by atoms with van der Waals surface area (Å²) in [5.74, 6) is 6.58. The molecule has 0 bridgehead atoms. The van der Waals surface area contributed by atoms with Crippen LogP contribution in [0.5, 0.6) is 0 Å². The van der Waals surface area contributed by atoms with E-state index in [-0.39, 0.29) is 21.7 Å². The van der Waals surface area contributed by atoms with E-state index in [1.807, 2.05) is 11.7 Å². The molecule has 4 unspecified atom stereocenters. The maximum absolute atomic E-state index is 2.94. The van der Waals surface area contributed by atoms with Crippen molar-refractivity contribution in [3.63, 3.8) is 0 Å². The lowest BCUT2D eigenvalue weighted by molar-refractivity contribution is 0.308. The summed E-state index contributed by atoms with van der Waals surface area (Å²) in [7, 11) is 0.